The van der Waals surface area contributed by atoms with E-state index in [9.17, 15) is 0 Å². The van der Waals surface area contributed by atoms with Crippen LogP contribution in [0.1, 0.15) is 0 Å². The van der Waals surface area contributed by atoms with E-state index in [0.29, 0.717) is 10.7 Å². The van der Waals surface area contributed by atoms with E-state index in [0.717, 1.165) is 4.47 Å². The number of halogens is 2. The number of hydrogen-bond acceptors (Lipinski definition) is 1. The summed E-state index contributed by atoms with van der Waals surface area (Å²) in [6.45, 7) is 0. The molecule has 3 N–H and O–H groups in total. The molecule has 0 aliphatic rings. The van der Waals surface area contributed by atoms with Gasteiger partial charge in [0, 0.05) is 4.47 Å². The Balaban J connectivity index is 2.97. The highest BCUT2D eigenvalue weighted by Gasteiger charge is 2.00. The molecule has 0 aromatic heterocycles. The molecular formula is C7H6BrClN2S. The Morgan fingerprint density at radius 2 is 2.25 bits per heavy atom. The van der Waals surface area contributed by atoms with Gasteiger partial charge in [0.2, 0.25) is 0 Å². The van der Waals surface area contributed by atoms with Gasteiger partial charge in [0.1, 0.15) is 0 Å². The van der Waals surface area contributed by atoms with Crippen LogP contribution in [0.3, 0.4) is 0 Å². The third-order valence-electron chi connectivity index (χ3n) is 1.19. The van der Waals surface area contributed by atoms with E-state index in [1.807, 2.05) is 12.1 Å². The summed E-state index contributed by atoms with van der Waals surface area (Å²) >= 11 is 13.8. The minimum absolute atomic E-state index is 0.204. The standard InChI is InChI=1S/C7H6BrClN2S/c8-4-1-2-5(9)6(3-4)11-7(10)12/h1-3H,(H3,10,11,12). The lowest BCUT2D eigenvalue weighted by Crippen LogP contribution is -2.19. The van der Waals surface area contributed by atoms with Gasteiger partial charge in [-0.3, -0.25) is 0 Å². The van der Waals surface area contributed by atoms with Gasteiger partial charge in [0.05, 0.1) is 10.7 Å². The van der Waals surface area contributed by atoms with Gasteiger partial charge < -0.3 is 11.1 Å². The van der Waals surface area contributed by atoms with Crippen molar-refractivity contribution in [3.8, 4) is 0 Å². The summed E-state index contributed by atoms with van der Waals surface area (Å²) in [5.41, 5.74) is 6.00. The zero-order valence-corrected chi connectivity index (χ0v) is 9.13. The Hall–Kier alpha value is -0.320. The van der Waals surface area contributed by atoms with Crippen molar-refractivity contribution in [1.29, 1.82) is 0 Å². The third kappa shape index (κ3) is 2.62. The van der Waals surface area contributed by atoms with Gasteiger partial charge in [-0.1, -0.05) is 27.5 Å². The lowest BCUT2D eigenvalue weighted by molar-refractivity contribution is 1.58. The van der Waals surface area contributed by atoms with Crippen LogP contribution < -0.4 is 11.1 Å². The van der Waals surface area contributed by atoms with Crippen molar-refractivity contribution in [2.45, 2.75) is 0 Å². The summed E-state index contributed by atoms with van der Waals surface area (Å²) in [4.78, 5) is 0. The highest BCUT2D eigenvalue weighted by molar-refractivity contribution is 9.10. The number of nitrogens with two attached hydrogens (primary N) is 1. The Kier molecular flexibility index (Phi) is 3.31. The first-order valence-electron chi connectivity index (χ1n) is 3.11. The molecule has 1 aromatic carbocycles. The number of benzene rings is 1. The minimum Gasteiger partial charge on any atom is -0.376 e. The molecule has 5 heteroatoms. The second-order valence-electron chi connectivity index (χ2n) is 2.11. The van der Waals surface area contributed by atoms with E-state index in [4.69, 9.17) is 17.3 Å². The summed E-state index contributed by atoms with van der Waals surface area (Å²) in [6.07, 6.45) is 0. The molecule has 0 fully saturated rings. The first-order valence-corrected chi connectivity index (χ1v) is 4.69. The van der Waals surface area contributed by atoms with Crippen LogP contribution in [0.15, 0.2) is 22.7 Å². The smallest absolute Gasteiger partial charge is 0.168 e. The lowest BCUT2D eigenvalue weighted by Gasteiger charge is -2.05. The molecule has 0 radical (unpaired) electrons. The number of rotatable bonds is 1. The molecule has 1 aromatic rings. The number of anilines is 1. The quantitative estimate of drug-likeness (QED) is 0.767. The van der Waals surface area contributed by atoms with Crippen molar-refractivity contribution in [2.75, 3.05) is 5.32 Å². The Morgan fingerprint density at radius 3 is 2.83 bits per heavy atom. The van der Waals surface area contributed by atoms with Crippen LogP contribution in [-0.2, 0) is 0 Å². The molecule has 0 saturated carbocycles. The largest absolute Gasteiger partial charge is 0.376 e. The van der Waals surface area contributed by atoms with E-state index in [1.54, 1.807) is 6.07 Å². The third-order valence-corrected chi connectivity index (χ3v) is 2.11. The fourth-order valence-corrected chi connectivity index (χ4v) is 1.36. The van der Waals surface area contributed by atoms with E-state index < -0.39 is 0 Å². The molecule has 2 nitrogen and oxygen atoms in total. The summed E-state index contributed by atoms with van der Waals surface area (Å²) in [6, 6.07) is 5.40. The van der Waals surface area contributed by atoms with Crippen molar-refractivity contribution in [1.82, 2.24) is 0 Å². The molecule has 0 aliphatic carbocycles. The van der Waals surface area contributed by atoms with Crippen molar-refractivity contribution in [3.05, 3.63) is 27.7 Å². The molecule has 0 heterocycles. The maximum atomic E-state index is 5.84. The first kappa shape index (κ1) is 9.77. The summed E-state index contributed by atoms with van der Waals surface area (Å²) in [7, 11) is 0. The van der Waals surface area contributed by atoms with Gasteiger partial charge in [-0.25, -0.2) is 0 Å². The lowest BCUT2D eigenvalue weighted by atomic mass is 10.3. The van der Waals surface area contributed by atoms with Crippen molar-refractivity contribution < 1.29 is 0 Å². The zero-order chi connectivity index (χ0) is 9.14. The maximum absolute atomic E-state index is 5.84. The van der Waals surface area contributed by atoms with Gasteiger partial charge in [0.15, 0.2) is 5.11 Å². The number of thiocarbonyl (C=S) groups is 1. The SMILES string of the molecule is NC(=S)Nc1cc(Br)ccc1Cl. The minimum atomic E-state index is 0.204. The van der Waals surface area contributed by atoms with Crippen LogP contribution in [0, 0.1) is 0 Å². The van der Waals surface area contributed by atoms with Crippen LogP contribution >= 0.6 is 39.7 Å². The molecule has 0 spiro atoms. The molecule has 0 unspecified atom stereocenters. The first-order chi connectivity index (χ1) is 5.59. The Bertz CT molecular complexity index is 316. The fraction of sp³-hybridized carbons (Fsp3) is 0. The molecule has 0 aliphatic heterocycles. The zero-order valence-electron chi connectivity index (χ0n) is 5.97. The van der Waals surface area contributed by atoms with Crippen LogP contribution in [0.4, 0.5) is 5.69 Å². The highest BCUT2D eigenvalue weighted by atomic mass is 79.9. The predicted octanol–water partition coefficient (Wildman–Crippen LogP) is 2.76. The van der Waals surface area contributed by atoms with Crippen LogP contribution in [0.2, 0.25) is 5.02 Å². The highest BCUT2D eigenvalue weighted by Crippen LogP contribution is 2.25. The van der Waals surface area contributed by atoms with E-state index in [1.165, 1.54) is 0 Å². The maximum Gasteiger partial charge on any atom is 0.168 e. The second kappa shape index (κ2) is 4.07. The molecule has 64 valence electrons. The average molecular weight is 266 g/mol. The number of hydrogen-bond donors (Lipinski definition) is 2. The summed E-state index contributed by atoms with van der Waals surface area (Å²) in [5.74, 6) is 0. The predicted molar refractivity (Wildman–Crippen MR) is 59.6 cm³/mol. The topological polar surface area (TPSA) is 38.0 Å². The van der Waals surface area contributed by atoms with Crippen molar-refractivity contribution in [2.24, 2.45) is 5.73 Å². The Morgan fingerprint density at radius 1 is 1.58 bits per heavy atom. The average Bonchev–Trinajstić information content (AvgIpc) is 1.96. The molecule has 0 amide bonds. The Labute approximate surface area is 89.2 Å². The molecule has 12 heavy (non-hydrogen) atoms. The molecule has 0 bridgehead atoms. The summed E-state index contributed by atoms with van der Waals surface area (Å²) < 4.78 is 0.922. The van der Waals surface area contributed by atoms with Gasteiger partial charge >= 0.3 is 0 Å². The van der Waals surface area contributed by atoms with Gasteiger partial charge in [-0.15, -0.1) is 0 Å². The van der Waals surface area contributed by atoms with E-state index in [-0.39, 0.29) is 5.11 Å². The van der Waals surface area contributed by atoms with Gasteiger partial charge in [-0.05, 0) is 30.4 Å². The molecule has 1 rings (SSSR count). The van der Waals surface area contributed by atoms with Gasteiger partial charge in [0.25, 0.3) is 0 Å². The van der Waals surface area contributed by atoms with E-state index in [2.05, 4.69) is 33.5 Å². The van der Waals surface area contributed by atoms with Crippen LogP contribution in [0.5, 0.6) is 0 Å². The monoisotopic (exact) mass is 264 g/mol. The second-order valence-corrected chi connectivity index (χ2v) is 3.88. The van der Waals surface area contributed by atoms with E-state index >= 15 is 0 Å². The fourth-order valence-electron chi connectivity index (χ4n) is 0.726. The van der Waals surface area contributed by atoms with Crippen LogP contribution in [-0.4, -0.2) is 5.11 Å². The molecular weight excluding hydrogens is 260 g/mol. The summed E-state index contributed by atoms with van der Waals surface area (Å²) in [5, 5.41) is 3.55. The van der Waals surface area contributed by atoms with Gasteiger partial charge in [-0.2, -0.15) is 0 Å². The number of nitrogens with one attached hydrogen (secondary N) is 1. The van der Waals surface area contributed by atoms with Crippen LogP contribution in [0.25, 0.3) is 0 Å². The molecule has 0 saturated heterocycles. The normalized spacial score (nSPS) is 9.50. The van der Waals surface area contributed by atoms with Crippen molar-refractivity contribution in [3.63, 3.8) is 0 Å². The van der Waals surface area contributed by atoms with Crippen molar-refractivity contribution >= 4 is 50.5 Å². The molecule has 0 atom stereocenters.